The van der Waals surface area contributed by atoms with Crippen molar-refractivity contribution >= 4 is 9.84 Å². The summed E-state index contributed by atoms with van der Waals surface area (Å²) in [5.41, 5.74) is 0. The van der Waals surface area contributed by atoms with Gasteiger partial charge in [0, 0.05) is 18.6 Å². The van der Waals surface area contributed by atoms with Gasteiger partial charge in [-0.05, 0) is 32.1 Å². The third-order valence-electron chi connectivity index (χ3n) is 2.66. The van der Waals surface area contributed by atoms with Crippen molar-refractivity contribution in [2.24, 2.45) is 0 Å². The highest BCUT2D eigenvalue weighted by molar-refractivity contribution is 7.90. The topological polar surface area (TPSA) is 63.6 Å². The molecule has 0 aromatic heterocycles. The first-order valence-electron chi connectivity index (χ1n) is 5.46. The maximum absolute atomic E-state index is 10.9. The van der Waals surface area contributed by atoms with E-state index < -0.39 is 15.9 Å². The smallest absolute Gasteiger partial charge is 0.147 e. The number of hydrogen-bond donors (Lipinski definition) is 1. The van der Waals surface area contributed by atoms with Crippen LogP contribution in [-0.2, 0) is 14.6 Å². The highest BCUT2D eigenvalue weighted by Crippen LogP contribution is 2.18. The van der Waals surface area contributed by atoms with Gasteiger partial charge in [-0.3, -0.25) is 0 Å². The number of hydrogen-bond acceptors (Lipinski definition) is 4. The van der Waals surface area contributed by atoms with E-state index in [4.69, 9.17) is 4.74 Å². The van der Waals surface area contributed by atoms with Crippen molar-refractivity contribution in [2.75, 3.05) is 18.6 Å². The monoisotopic (exact) mass is 236 g/mol. The Morgan fingerprint density at radius 2 is 2.20 bits per heavy atom. The van der Waals surface area contributed by atoms with E-state index in [-0.39, 0.29) is 11.9 Å². The van der Waals surface area contributed by atoms with Crippen LogP contribution >= 0.6 is 0 Å². The first kappa shape index (κ1) is 12.9. The van der Waals surface area contributed by atoms with Gasteiger partial charge >= 0.3 is 0 Å². The van der Waals surface area contributed by atoms with Gasteiger partial charge in [-0.2, -0.15) is 0 Å². The number of sulfone groups is 1. The molecule has 0 aromatic carbocycles. The SMILES string of the molecule is CS(=O)(=O)CCCC(O)C1CCCCO1. The van der Waals surface area contributed by atoms with Gasteiger partial charge in [0.1, 0.15) is 9.84 Å². The summed E-state index contributed by atoms with van der Waals surface area (Å²) in [5.74, 6) is 0.150. The van der Waals surface area contributed by atoms with Crippen LogP contribution in [0.3, 0.4) is 0 Å². The van der Waals surface area contributed by atoms with Gasteiger partial charge in [0.15, 0.2) is 0 Å². The summed E-state index contributed by atoms with van der Waals surface area (Å²) < 4.78 is 27.2. The highest BCUT2D eigenvalue weighted by Gasteiger charge is 2.22. The zero-order valence-corrected chi connectivity index (χ0v) is 10.0. The maximum atomic E-state index is 10.9. The van der Waals surface area contributed by atoms with Gasteiger partial charge in [0.25, 0.3) is 0 Å². The molecular weight excluding hydrogens is 216 g/mol. The molecule has 0 saturated carbocycles. The molecule has 1 aliphatic heterocycles. The summed E-state index contributed by atoms with van der Waals surface area (Å²) in [4.78, 5) is 0. The van der Waals surface area contributed by atoms with Gasteiger partial charge in [0.05, 0.1) is 12.2 Å². The molecule has 1 heterocycles. The Morgan fingerprint density at radius 3 is 2.73 bits per heavy atom. The first-order valence-corrected chi connectivity index (χ1v) is 7.52. The Hall–Kier alpha value is -0.130. The average Bonchev–Trinajstić information content (AvgIpc) is 2.17. The fourth-order valence-electron chi connectivity index (χ4n) is 1.81. The molecule has 1 saturated heterocycles. The molecule has 15 heavy (non-hydrogen) atoms. The summed E-state index contributed by atoms with van der Waals surface area (Å²) >= 11 is 0. The second kappa shape index (κ2) is 5.82. The lowest BCUT2D eigenvalue weighted by Crippen LogP contribution is -2.32. The van der Waals surface area contributed by atoms with E-state index in [0.717, 1.165) is 19.3 Å². The molecular formula is C10H20O4S. The first-order chi connectivity index (χ1) is 6.99. The van der Waals surface area contributed by atoms with Crippen LogP contribution in [0.2, 0.25) is 0 Å². The minimum Gasteiger partial charge on any atom is -0.390 e. The molecule has 0 spiro atoms. The van der Waals surface area contributed by atoms with Crippen LogP contribution in [0.25, 0.3) is 0 Å². The third-order valence-corrected chi connectivity index (χ3v) is 3.69. The van der Waals surface area contributed by atoms with E-state index in [1.54, 1.807) is 0 Å². The Balaban J connectivity index is 2.20. The van der Waals surface area contributed by atoms with Crippen LogP contribution in [0.1, 0.15) is 32.1 Å². The minimum atomic E-state index is -2.90. The van der Waals surface area contributed by atoms with Crippen LogP contribution in [0, 0.1) is 0 Å². The minimum absolute atomic E-state index is 0.0849. The Morgan fingerprint density at radius 1 is 1.47 bits per heavy atom. The lowest BCUT2D eigenvalue weighted by Gasteiger charge is -2.26. The van der Waals surface area contributed by atoms with Crippen molar-refractivity contribution in [3.8, 4) is 0 Å². The van der Waals surface area contributed by atoms with Crippen molar-refractivity contribution in [3.05, 3.63) is 0 Å². The van der Waals surface area contributed by atoms with Crippen LogP contribution in [0.15, 0.2) is 0 Å². The van der Waals surface area contributed by atoms with E-state index in [9.17, 15) is 13.5 Å². The van der Waals surface area contributed by atoms with E-state index in [2.05, 4.69) is 0 Å². The molecule has 1 fully saturated rings. The van der Waals surface area contributed by atoms with Crippen molar-refractivity contribution in [1.29, 1.82) is 0 Å². The van der Waals surface area contributed by atoms with Gasteiger partial charge in [-0.15, -0.1) is 0 Å². The third kappa shape index (κ3) is 5.49. The van der Waals surface area contributed by atoms with Gasteiger partial charge in [-0.1, -0.05) is 0 Å². The number of rotatable bonds is 5. The second-order valence-electron chi connectivity index (χ2n) is 4.24. The fourth-order valence-corrected chi connectivity index (χ4v) is 2.50. The number of aliphatic hydroxyl groups excluding tert-OH is 1. The standard InChI is InChI=1S/C10H20O4S/c1-15(12,13)8-4-5-9(11)10-6-2-3-7-14-10/h9-11H,2-8H2,1H3. The maximum Gasteiger partial charge on any atom is 0.147 e. The van der Waals surface area contributed by atoms with Gasteiger partial charge < -0.3 is 9.84 Å². The van der Waals surface area contributed by atoms with Crippen LogP contribution in [0.4, 0.5) is 0 Å². The summed E-state index contributed by atoms with van der Waals surface area (Å²) in [6.45, 7) is 0.716. The van der Waals surface area contributed by atoms with E-state index >= 15 is 0 Å². The Labute approximate surface area is 91.6 Å². The van der Waals surface area contributed by atoms with Crippen molar-refractivity contribution in [3.63, 3.8) is 0 Å². The van der Waals surface area contributed by atoms with E-state index in [1.165, 1.54) is 6.26 Å². The zero-order valence-electron chi connectivity index (χ0n) is 9.18. The summed E-state index contributed by atoms with van der Waals surface area (Å²) in [6, 6.07) is 0. The molecule has 5 heteroatoms. The predicted molar refractivity (Wildman–Crippen MR) is 58.5 cm³/mol. The molecule has 0 bridgehead atoms. The lowest BCUT2D eigenvalue weighted by atomic mass is 10.0. The molecule has 0 amide bonds. The van der Waals surface area contributed by atoms with Crippen molar-refractivity contribution < 1.29 is 18.3 Å². The predicted octanol–water partition coefficient (Wildman–Crippen LogP) is 0.741. The summed E-state index contributed by atoms with van der Waals surface area (Å²) in [6.07, 6.45) is 4.69. The molecule has 0 radical (unpaired) electrons. The Kier molecular flexibility index (Phi) is 5.02. The van der Waals surface area contributed by atoms with E-state index in [1.807, 2.05) is 0 Å². The van der Waals surface area contributed by atoms with Crippen LogP contribution in [0.5, 0.6) is 0 Å². The molecule has 0 aliphatic carbocycles. The molecule has 1 aliphatic rings. The zero-order chi connectivity index (χ0) is 11.3. The highest BCUT2D eigenvalue weighted by atomic mass is 32.2. The fraction of sp³-hybridized carbons (Fsp3) is 1.00. The van der Waals surface area contributed by atoms with Crippen LogP contribution < -0.4 is 0 Å². The van der Waals surface area contributed by atoms with Crippen molar-refractivity contribution in [1.82, 2.24) is 0 Å². The molecule has 90 valence electrons. The van der Waals surface area contributed by atoms with Gasteiger partial charge in [0.2, 0.25) is 0 Å². The largest absolute Gasteiger partial charge is 0.390 e. The number of ether oxygens (including phenoxy) is 1. The summed E-state index contributed by atoms with van der Waals surface area (Å²) in [5, 5.41) is 9.75. The lowest BCUT2D eigenvalue weighted by molar-refractivity contribution is -0.0642. The van der Waals surface area contributed by atoms with Crippen LogP contribution in [-0.4, -0.2) is 44.3 Å². The van der Waals surface area contributed by atoms with Gasteiger partial charge in [-0.25, -0.2) is 8.42 Å². The second-order valence-corrected chi connectivity index (χ2v) is 6.50. The molecule has 2 unspecified atom stereocenters. The number of aliphatic hydroxyl groups is 1. The summed E-state index contributed by atoms with van der Waals surface area (Å²) in [7, 11) is -2.90. The normalized spacial score (nSPS) is 25.1. The average molecular weight is 236 g/mol. The molecule has 2 atom stereocenters. The molecule has 1 rings (SSSR count). The molecule has 1 N–H and O–H groups in total. The molecule has 0 aromatic rings. The Bertz CT molecular complexity index is 267. The quantitative estimate of drug-likeness (QED) is 0.764. The van der Waals surface area contributed by atoms with Crippen molar-refractivity contribution in [2.45, 2.75) is 44.3 Å². The van der Waals surface area contributed by atoms with E-state index in [0.29, 0.717) is 19.4 Å². The molecule has 4 nitrogen and oxygen atoms in total.